The highest BCUT2D eigenvalue weighted by molar-refractivity contribution is 7.11. The lowest BCUT2D eigenvalue weighted by Crippen LogP contribution is -2.37. The number of nitrogens with zero attached hydrogens (tertiary/aromatic N) is 3. The van der Waals surface area contributed by atoms with Crippen LogP contribution in [0, 0.1) is 6.92 Å². The first kappa shape index (κ1) is 15.6. The molecule has 0 fully saturated rings. The van der Waals surface area contributed by atoms with E-state index in [0.717, 1.165) is 31.9 Å². The van der Waals surface area contributed by atoms with Gasteiger partial charge in [0.2, 0.25) is 0 Å². The lowest BCUT2D eigenvalue weighted by molar-refractivity contribution is 0.741. The van der Waals surface area contributed by atoms with Crippen molar-refractivity contribution >= 4 is 17.3 Å². The van der Waals surface area contributed by atoms with Crippen LogP contribution in [-0.4, -0.2) is 29.3 Å². The average Bonchev–Trinajstić information content (AvgIpc) is 3.07. The second kappa shape index (κ2) is 7.83. The Labute approximate surface area is 130 Å². The lowest BCUT2D eigenvalue weighted by atomic mass is 10.2. The molecule has 2 heterocycles. The standard InChI is InChI=1S/C15H23N5S/c1-12-6-7-14(21-12)10-18-15(16-2)17-8-4-5-13-9-19-20(3)11-13/h6-7,9,11H,4-5,8,10H2,1-3H3,(H2,16,17,18). The number of aromatic nitrogens is 2. The molecule has 0 saturated heterocycles. The van der Waals surface area contributed by atoms with Crippen LogP contribution in [0.25, 0.3) is 0 Å². The largest absolute Gasteiger partial charge is 0.356 e. The van der Waals surface area contributed by atoms with Crippen molar-refractivity contribution in [1.82, 2.24) is 20.4 Å². The predicted molar refractivity (Wildman–Crippen MR) is 88.8 cm³/mol. The van der Waals surface area contributed by atoms with Crippen molar-refractivity contribution in [3.8, 4) is 0 Å². The molecule has 114 valence electrons. The van der Waals surface area contributed by atoms with Gasteiger partial charge in [-0.25, -0.2) is 0 Å². The Morgan fingerprint density at radius 3 is 2.86 bits per heavy atom. The van der Waals surface area contributed by atoms with Gasteiger partial charge in [-0.15, -0.1) is 11.3 Å². The summed E-state index contributed by atoms with van der Waals surface area (Å²) in [4.78, 5) is 6.91. The summed E-state index contributed by atoms with van der Waals surface area (Å²) in [5.74, 6) is 0.854. The van der Waals surface area contributed by atoms with Crippen LogP contribution >= 0.6 is 11.3 Å². The number of hydrogen-bond donors (Lipinski definition) is 2. The molecule has 0 aromatic carbocycles. The summed E-state index contributed by atoms with van der Waals surface area (Å²) in [5.41, 5.74) is 1.27. The van der Waals surface area contributed by atoms with Gasteiger partial charge in [0.15, 0.2) is 5.96 Å². The van der Waals surface area contributed by atoms with Crippen molar-refractivity contribution in [3.63, 3.8) is 0 Å². The van der Waals surface area contributed by atoms with Gasteiger partial charge in [0.05, 0.1) is 12.7 Å². The summed E-state index contributed by atoms with van der Waals surface area (Å²) in [6, 6.07) is 4.30. The molecule has 2 N–H and O–H groups in total. The summed E-state index contributed by atoms with van der Waals surface area (Å²) in [5, 5.41) is 10.8. The van der Waals surface area contributed by atoms with Gasteiger partial charge < -0.3 is 10.6 Å². The zero-order chi connectivity index (χ0) is 15.1. The number of hydrogen-bond acceptors (Lipinski definition) is 3. The van der Waals surface area contributed by atoms with Crippen molar-refractivity contribution in [2.24, 2.45) is 12.0 Å². The smallest absolute Gasteiger partial charge is 0.191 e. The Balaban J connectivity index is 1.65. The third-order valence-corrected chi connectivity index (χ3v) is 4.14. The van der Waals surface area contributed by atoms with E-state index in [4.69, 9.17) is 0 Å². The fraction of sp³-hybridized carbons (Fsp3) is 0.467. The zero-order valence-electron chi connectivity index (χ0n) is 12.9. The monoisotopic (exact) mass is 305 g/mol. The number of guanidine groups is 1. The van der Waals surface area contributed by atoms with Crippen molar-refractivity contribution in [2.75, 3.05) is 13.6 Å². The second-order valence-corrected chi connectivity index (χ2v) is 6.36. The van der Waals surface area contributed by atoms with Crippen LogP contribution in [0.15, 0.2) is 29.5 Å². The fourth-order valence-corrected chi connectivity index (χ4v) is 2.90. The topological polar surface area (TPSA) is 54.2 Å². The van der Waals surface area contributed by atoms with Gasteiger partial charge in [0.1, 0.15) is 0 Å². The summed E-state index contributed by atoms with van der Waals surface area (Å²) in [6.07, 6.45) is 6.07. The van der Waals surface area contributed by atoms with Crippen molar-refractivity contribution in [3.05, 3.63) is 39.8 Å². The third-order valence-electron chi connectivity index (χ3n) is 3.14. The molecule has 0 aliphatic rings. The summed E-state index contributed by atoms with van der Waals surface area (Å²) in [7, 11) is 3.75. The van der Waals surface area contributed by atoms with Crippen LogP contribution in [0.2, 0.25) is 0 Å². The maximum Gasteiger partial charge on any atom is 0.191 e. The first-order valence-electron chi connectivity index (χ1n) is 7.14. The normalized spacial score (nSPS) is 11.7. The first-order valence-corrected chi connectivity index (χ1v) is 7.96. The summed E-state index contributed by atoms with van der Waals surface area (Å²) in [6.45, 7) is 3.85. The van der Waals surface area contributed by atoms with E-state index in [1.165, 1.54) is 15.3 Å². The van der Waals surface area contributed by atoms with Gasteiger partial charge in [0, 0.05) is 36.6 Å². The van der Waals surface area contributed by atoms with E-state index in [0.29, 0.717) is 0 Å². The van der Waals surface area contributed by atoms with Crippen LogP contribution in [0.1, 0.15) is 21.7 Å². The van der Waals surface area contributed by atoms with E-state index in [1.807, 2.05) is 29.3 Å². The molecule has 2 aromatic heterocycles. The van der Waals surface area contributed by atoms with Crippen LogP contribution in [0.4, 0.5) is 0 Å². The molecule has 2 rings (SSSR count). The van der Waals surface area contributed by atoms with Gasteiger partial charge in [-0.2, -0.15) is 5.10 Å². The quantitative estimate of drug-likeness (QED) is 0.488. The molecule has 0 unspecified atom stereocenters. The summed E-state index contributed by atoms with van der Waals surface area (Å²) < 4.78 is 1.84. The Bertz CT molecular complexity index is 584. The highest BCUT2D eigenvalue weighted by Gasteiger charge is 2.01. The predicted octanol–water partition coefficient (Wildman–Crippen LogP) is 2.09. The van der Waals surface area contributed by atoms with Gasteiger partial charge in [-0.1, -0.05) is 0 Å². The average molecular weight is 305 g/mol. The van der Waals surface area contributed by atoms with Gasteiger partial charge >= 0.3 is 0 Å². The molecule has 21 heavy (non-hydrogen) atoms. The van der Waals surface area contributed by atoms with E-state index in [2.05, 4.69) is 46.0 Å². The molecule has 0 radical (unpaired) electrons. The molecule has 0 amide bonds. The number of rotatable bonds is 6. The number of thiophene rings is 1. The molecule has 0 aliphatic carbocycles. The molecular weight excluding hydrogens is 282 g/mol. The maximum atomic E-state index is 4.24. The fourth-order valence-electron chi connectivity index (χ4n) is 2.07. The molecule has 0 bridgehead atoms. The molecule has 2 aromatic rings. The Hall–Kier alpha value is -1.82. The third kappa shape index (κ3) is 5.23. The van der Waals surface area contributed by atoms with Gasteiger partial charge in [-0.3, -0.25) is 9.67 Å². The maximum absolute atomic E-state index is 4.24. The molecule has 6 heteroatoms. The summed E-state index contributed by atoms with van der Waals surface area (Å²) >= 11 is 1.81. The van der Waals surface area contributed by atoms with Crippen LogP contribution in [0.3, 0.4) is 0 Å². The van der Waals surface area contributed by atoms with E-state index in [-0.39, 0.29) is 0 Å². The number of aryl methyl sites for hydroxylation is 3. The Kier molecular flexibility index (Phi) is 5.80. The van der Waals surface area contributed by atoms with E-state index >= 15 is 0 Å². The SMILES string of the molecule is CN=C(NCCCc1cnn(C)c1)NCc1ccc(C)s1. The molecule has 5 nitrogen and oxygen atoms in total. The van der Waals surface area contributed by atoms with Crippen LogP contribution < -0.4 is 10.6 Å². The molecule has 0 spiro atoms. The van der Waals surface area contributed by atoms with Crippen molar-refractivity contribution in [2.45, 2.75) is 26.3 Å². The van der Waals surface area contributed by atoms with E-state index in [9.17, 15) is 0 Å². The molecule has 0 aliphatic heterocycles. The van der Waals surface area contributed by atoms with Crippen molar-refractivity contribution in [1.29, 1.82) is 0 Å². The van der Waals surface area contributed by atoms with Gasteiger partial charge in [-0.05, 0) is 37.5 Å². The second-order valence-electron chi connectivity index (χ2n) is 4.99. The minimum absolute atomic E-state index is 0.820. The number of nitrogens with one attached hydrogen (secondary N) is 2. The molecule has 0 saturated carbocycles. The van der Waals surface area contributed by atoms with E-state index in [1.54, 1.807) is 7.05 Å². The molecular formula is C15H23N5S. The number of aliphatic imine (C=N–C) groups is 1. The van der Waals surface area contributed by atoms with Gasteiger partial charge in [0.25, 0.3) is 0 Å². The van der Waals surface area contributed by atoms with Crippen molar-refractivity contribution < 1.29 is 0 Å². The Morgan fingerprint density at radius 1 is 1.38 bits per heavy atom. The lowest BCUT2D eigenvalue weighted by Gasteiger charge is -2.10. The molecule has 0 atom stereocenters. The minimum atomic E-state index is 0.820. The first-order chi connectivity index (χ1) is 10.2. The van der Waals surface area contributed by atoms with Crippen LogP contribution in [-0.2, 0) is 20.0 Å². The Morgan fingerprint density at radius 2 is 2.24 bits per heavy atom. The minimum Gasteiger partial charge on any atom is -0.356 e. The van der Waals surface area contributed by atoms with E-state index < -0.39 is 0 Å². The highest BCUT2D eigenvalue weighted by atomic mass is 32.1. The highest BCUT2D eigenvalue weighted by Crippen LogP contribution is 2.14. The van der Waals surface area contributed by atoms with Crippen LogP contribution in [0.5, 0.6) is 0 Å². The zero-order valence-corrected chi connectivity index (χ0v) is 13.7.